The van der Waals surface area contributed by atoms with E-state index in [4.69, 9.17) is 9.47 Å². The first-order valence-electron chi connectivity index (χ1n) is 16.3. The van der Waals surface area contributed by atoms with Gasteiger partial charge in [0, 0.05) is 49.9 Å². The number of rotatable bonds is 9. The zero-order chi connectivity index (χ0) is 32.1. The monoisotopic (exact) mass is 627 g/mol. The summed E-state index contributed by atoms with van der Waals surface area (Å²) in [5.41, 5.74) is 4.33. The fourth-order valence-electron chi connectivity index (χ4n) is 6.92. The highest BCUT2D eigenvalue weighted by atomic mass is 16.7. The number of hydrogen-bond acceptors (Lipinski definition) is 7. The number of para-hydroxylation sites is 1. The average molecular weight is 628 g/mol. The molecule has 0 unspecified atom stereocenters. The van der Waals surface area contributed by atoms with Crippen LogP contribution in [0.4, 0.5) is 10.5 Å². The second-order valence-electron chi connectivity index (χ2n) is 12.5. The highest BCUT2D eigenvalue weighted by Crippen LogP contribution is 2.43. The largest absolute Gasteiger partial charge is 0.392 e. The molecule has 10 heteroatoms. The molecule has 3 amide bonds. The number of amides is 3. The number of nitrogens with one attached hydrogen (secondary N) is 3. The Bertz CT molecular complexity index is 1460. The Kier molecular flexibility index (Phi) is 9.89. The Morgan fingerprint density at radius 1 is 0.935 bits per heavy atom. The maximum atomic E-state index is 13.2. The van der Waals surface area contributed by atoms with Crippen LogP contribution in [0.2, 0.25) is 0 Å². The van der Waals surface area contributed by atoms with Crippen LogP contribution in [0.25, 0.3) is 0 Å². The molecule has 4 atom stereocenters. The van der Waals surface area contributed by atoms with Crippen LogP contribution in [0.1, 0.15) is 61.3 Å². The van der Waals surface area contributed by atoms with Crippen molar-refractivity contribution in [2.75, 3.05) is 37.7 Å². The Hall–Kier alpha value is -3.96. The van der Waals surface area contributed by atoms with Crippen molar-refractivity contribution >= 4 is 17.6 Å². The number of urea groups is 1. The van der Waals surface area contributed by atoms with E-state index in [2.05, 4.69) is 44.8 Å². The van der Waals surface area contributed by atoms with Gasteiger partial charge in [-0.25, -0.2) is 4.79 Å². The van der Waals surface area contributed by atoms with Gasteiger partial charge in [-0.15, -0.1) is 0 Å². The van der Waals surface area contributed by atoms with Crippen molar-refractivity contribution in [1.82, 2.24) is 20.9 Å². The summed E-state index contributed by atoms with van der Waals surface area (Å²) in [7, 11) is 0. The van der Waals surface area contributed by atoms with Crippen LogP contribution >= 0.6 is 0 Å². The molecule has 4 N–H and O–H groups in total. The van der Waals surface area contributed by atoms with Gasteiger partial charge in [0.1, 0.15) is 5.54 Å². The van der Waals surface area contributed by atoms with Crippen molar-refractivity contribution in [3.63, 3.8) is 0 Å². The third kappa shape index (κ3) is 6.76. The molecule has 3 aromatic carbocycles. The molecule has 3 aromatic rings. The summed E-state index contributed by atoms with van der Waals surface area (Å²) in [6.45, 7) is 7.89. The van der Waals surface area contributed by atoms with Crippen molar-refractivity contribution in [2.45, 2.75) is 63.9 Å². The normalized spacial score (nSPS) is 24.5. The first kappa shape index (κ1) is 32.0. The van der Waals surface area contributed by atoms with Crippen molar-refractivity contribution < 1.29 is 24.2 Å². The molecule has 3 aliphatic rings. The minimum atomic E-state index is -0.570. The van der Waals surface area contributed by atoms with E-state index in [0.717, 1.165) is 60.4 Å². The summed E-state index contributed by atoms with van der Waals surface area (Å²) in [5, 5.41) is 18.3. The first-order chi connectivity index (χ1) is 22.4. The van der Waals surface area contributed by atoms with E-state index in [-0.39, 0.29) is 36.7 Å². The Morgan fingerprint density at radius 3 is 2.28 bits per heavy atom. The fourth-order valence-corrected chi connectivity index (χ4v) is 6.92. The maximum absolute atomic E-state index is 13.2. The number of carbonyl (C=O) groups is 2. The molecule has 244 valence electrons. The van der Waals surface area contributed by atoms with Gasteiger partial charge < -0.3 is 40.3 Å². The lowest BCUT2D eigenvalue weighted by atomic mass is 9.84. The Morgan fingerprint density at radius 2 is 1.61 bits per heavy atom. The van der Waals surface area contributed by atoms with Crippen LogP contribution < -0.4 is 20.9 Å². The molecule has 46 heavy (non-hydrogen) atoms. The lowest BCUT2D eigenvalue weighted by Gasteiger charge is -2.46. The number of carbonyl (C=O) groups excluding carboxylic acids is 2. The van der Waals surface area contributed by atoms with Crippen molar-refractivity contribution in [2.24, 2.45) is 5.92 Å². The van der Waals surface area contributed by atoms with Crippen molar-refractivity contribution in [3.05, 3.63) is 101 Å². The van der Waals surface area contributed by atoms with Gasteiger partial charge in [0.05, 0.1) is 25.5 Å². The van der Waals surface area contributed by atoms with E-state index in [9.17, 15) is 14.7 Å². The molecule has 0 bridgehead atoms. The first-order valence-corrected chi connectivity index (χ1v) is 16.3. The minimum Gasteiger partial charge on any atom is -0.392 e. The Labute approximate surface area is 271 Å². The molecule has 10 nitrogen and oxygen atoms in total. The molecule has 0 radical (unpaired) electrons. The number of piperidine rings is 1. The average Bonchev–Trinajstić information content (AvgIpc) is 3.41. The van der Waals surface area contributed by atoms with Gasteiger partial charge in [0.15, 0.2) is 6.29 Å². The van der Waals surface area contributed by atoms with Gasteiger partial charge in [-0.1, -0.05) is 73.7 Å². The topological polar surface area (TPSA) is 115 Å². The molecule has 6 rings (SSSR count). The van der Waals surface area contributed by atoms with E-state index in [1.54, 1.807) is 0 Å². The van der Waals surface area contributed by atoms with Gasteiger partial charge in [-0.2, -0.15) is 0 Å². The van der Waals surface area contributed by atoms with Crippen molar-refractivity contribution in [1.29, 1.82) is 0 Å². The van der Waals surface area contributed by atoms with Crippen LogP contribution in [0, 0.1) is 5.92 Å². The molecule has 1 spiro atoms. The maximum Gasteiger partial charge on any atom is 0.315 e. The number of nitrogens with zero attached hydrogens (tertiary/aromatic N) is 2. The van der Waals surface area contributed by atoms with E-state index in [1.165, 1.54) is 0 Å². The quantitative estimate of drug-likeness (QED) is 0.281. The highest BCUT2D eigenvalue weighted by molar-refractivity contribution is 5.93. The van der Waals surface area contributed by atoms with Gasteiger partial charge in [-0.3, -0.25) is 4.79 Å². The van der Waals surface area contributed by atoms with Gasteiger partial charge in [0.25, 0.3) is 0 Å². The molecule has 3 fully saturated rings. The zero-order valence-corrected chi connectivity index (χ0v) is 26.7. The van der Waals surface area contributed by atoms with Crippen LogP contribution in [-0.4, -0.2) is 66.4 Å². The van der Waals surface area contributed by atoms with Crippen LogP contribution in [0.15, 0.2) is 78.9 Å². The standard InChI is InChI=1S/C36H45N5O5/c1-3-37-35(44)38-21-26-9-15-29(16-10-26)33-45-31(25(2)32(46-33)28-13-11-27(23-42)12-14-28)22-40-19-17-36(18-20-40)34(43)39-24-41(36)30-7-5-4-6-8-30/h4-16,25,31-33,42H,3,17-24H2,1-2H3,(H,39,43)(H2,37,38,44)/t25-,31+,32+,33+/m1/s1. The predicted octanol–water partition coefficient (Wildman–Crippen LogP) is 4.22. The number of benzene rings is 3. The third-order valence-electron chi connectivity index (χ3n) is 9.69. The fraction of sp³-hybridized carbons (Fsp3) is 0.444. The Balaban J connectivity index is 1.17. The highest BCUT2D eigenvalue weighted by Gasteiger charge is 2.51. The lowest BCUT2D eigenvalue weighted by molar-refractivity contribution is -0.276. The molecule has 3 heterocycles. The van der Waals surface area contributed by atoms with Gasteiger partial charge in [-0.05, 0) is 48.6 Å². The summed E-state index contributed by atoms with van der Waals surface area (Å²) >= 11 is 0. The van der Waals surface area contributed by atoms with E-state index < -0.39 is 11.8 Å². The molecular formula is C36H45N5O5. The SMILES string of the molecule is CCNC(=O)NCc1ccc([C@H]2O[C@@H](CN3CCC4(CC3)C(=O)NCN4c3ccccc3)[C@@H](C)[C@@H](c3ccc(CO)cc3)O2)cc1. The third-order valence-corrected chi connectivity index (χ3v) is 9.69. The second kappa shape index (κ2) is 14.2. The summed E-state index contributed by atoms with van der Waals surface area (Å²) in [4.78, 5) is 29.7. The molecule has 0 saturated carbocycles. The van der Waals surface area contributed by atoms with E-state index in [1.807, 2.05) is 73.7 Å². The van der Waals surface area contributed by atoms with Crippen LogP contribution in [0.5, 0.6) is 0 Å². The van der Waals surface area contributed by atoms with E-state index in [0.29, 0.717) is 19.8 Å². The summed E-state index contributed by atoms with van der Waals surface area (Å²) in [6.07, 6.45) is 0.594. The number of ether oxygens (including phenoxy) is 2. The lowest BCUT2D eigenvalue weighted by Crippen LogP contribution is -2.57. The van der Waals surface area contributed by atoms with Crippen LogP contribution in [-0.2, 0) is 27.4 Å². The molecule has 0 aliphatic carbocycles. The van der Waals surface area contributed by atoms with Crippen molar-refractivity contribution in [3.8, 4) is 0 Å². The summed E-state index contributed by atoms with van der Waals surface area (Å²) < 4.78 is 13.4. The van der Waals surface area contributed by atoms with Gasteiger partial charge in [0.2, 0.25) is 5.91 Å². The molecule has 3 saturated heterocycles. The second-order valence-corrected chi connectivity index (χ2v) is 12.5. The zero-order valence-electron chi connectivity index (χ0n) is 26.7. The van der Waals surface area contributed by atoms with E-state index >= 15 is 0 Å². The molecule has 0 aromatic heterocycles. The summed E-state index contributed by atoms with van der Waals surface area (Å²) in [5.74, 6) is 0.172. The number of hydrogen-bond donors (Lipinski definition) is 4. The summed E-state index contributed by atoms with van der Waals surface area (Å²) in [6, 6.07) is 25.9. The number of likely N-dealkylation sites (tertiary alicyclic amines) is 1. The molecule has 3 aliphatic heterocycles. The number of aliphatic hydroxyl groups excluding tert-OH is 1. The number of aliphatic hydroxyl groups is 1. The van der Waals surface area contributed by atoms with Crippen LogP contribution in [0.3, 0.4) is 0 Å². The predicted molar refractivity (Wildman–Crippen MR) is 176 cm³/mol. The number of anilines is 1. The minimum absolute atomic E-state index is 0.00674. The molecular weight excluding hydrogens is 582 g/mol. The smallest absolute Gasteiger partial charge is 0.315 e. The van der Waals surface area contributed by atoms with Gasteiger partial charge >= 0.3 is 6.03 Å².